The van der Waals surface area contributed by atoms with E-state index in [0.29, 0.717) is 6.42 Å². The third-order valence-corrected chi connectivity index (χ3v) is 2.85. The molecule has 19 heavy (non-hydrogen) atoms. The summed E-state index contributed by atoms with van der Waals surface area (Å²) in [5.74, 6) is -0.678. The van der Waals surface area contributed by atoms with Crippen LogP contribution in [0.4, 0.5) is 0 Å². The average Bonchev–Trinajstić information content (AvgIpc) is 2.39. The summed E-state index contributed by atoms with van der Waals surface area (Å²) in [5.41, 5.74) is 0. The number of carboxylic acid groups (broad SMARTS) is 1. The first kappa shape index (κ1) is 17.7. The Labute approximate surface area is 117 Å². The summed E-state index contributed by atoms with van der Waals surface area (Å²) < 4.78 is 0. The SMILES string of the molecule is CC=CCC=CCCC=CCCCCCCC(=O)O. The predicted octanol–water partition coefficient (Wildman–Crippen LogP) is 5.27. The van der Waals surface area contributed by atoms with E-state index in [1.165, 1.54) is 6.42 Å². The highest BCUT2D eigenvalue weighted by atomic mass is 16.4. The summed E-state index contributed by atoms with van der Waals surface area (Å²) >= 11 is 0. The van der Waals surface area contributed by atoms with Crippen LogP contribution >= 0.6 is 0 Å². The number of rotatable bonds is 12. The van der Waals surface area contributed by atoms with Gasteiger partial charge in [-0.1, -0.05) is 49.3 Å². The zero-order valence-corrected chi connectivity index (χ0v) is 12.2. The minimum Gasteiger partial charge on any atom is -0.481 e. The Bertz CT molecular complexity index is 288. The maximum atomic E-state index is 10.3. The van der Waals surface area contributed by atoms with Crippen molar-refractivity contribution in [1.82, 2.24) is 0 Å². The molecular weight excluding hydrogens is 236 g/mol. The van der Waals surface area contributed by atoms with Crippen molar-refractivity contribution in [1.29, 1.82) is 0 Å². The number of hydrogen-bond donors (Lipinski definition) is 1. The fourth-order valence-corrected chi connectivity index (χ4v) is 1.75. The van der Waals surface area contributed by atoms with Crippen LogP contribution in [0.1, 0.15) is 64.7 Å². The summed E-state index contributed by atoms with van der Waals surface area (Å²) in [6.45, 7) is 2.04. The quantitative estimate of drug-likeness (QED) is 0.385. The lowest BCUT2D eigenvalue weighted by atomic mass is 10.1. The van der Waals surface area contributed by atoms with E-state index in [9.17, 15) is 4.79 Å². The van der Waals surface area contributed by atoms with Crippen LogP contribution in [0.3, 0.4) is 0 Å². The minimum atomic E-state index is -0.678. The highest BCUT2D eigenvalue weighted by molar-refractivity contribution is 5.66. The Morgan fingerprint density at radius 3 is 2.16 bits per heavy atom. The van der Waals surface area contributed by atoms with Gasteiger partial charge in [0, 0.05) is 6.42 Å². The van der Waals surface area contributed by atoms with Gasteiger partial charge in [0.1, 0.15) is 0 Å². The van der Waals surface area contributed by atoms with Gasteiger partial charge in [0.2, 0.25) is 0 Å². The van der Waals surface area contributed by atoms with Crippen molar-refractivity contribution in [3.8, 4) is 0 Å². The van der Waals surface area contributed by atoms with Crippen molar-refractivity contribution in [2.24, 2.45) is 0 Å². The fraction of sp³-hybridized carbons (Fsp3) is 0.588. The Morgan fingerprint density at radius 2 is 1.47 bits per heavy atom. The zero-order chi connectivity index (χ0) is 14.2. The van der Waals surface area contributed by atoms with Crippen molar-refractivity contribution in [2.45, 2.75) is 64.7 Å². The monoisotopic (exact) mass is 264 g/mol. The van der Waals surface area contributed by atoms with Crippen LogP contribution in [0.5, 0.6) is 0 Å². The summed E-state index contributed by atoms with van der Waals surface area (Å²) in [5, 5.41) is 8.48. The number of carboxylic acids is 1. The lowest BCUT2D eigenvalue weighted by Gasteiger charge is -1.96. The second kappa shape index (κ2) is 14.7. The maximum Gasteiger partial charge on any atom is 0.303 e. The van der Waals surface area contributed by atoms with Gasteiger partial charge in [0.15, 0.2) is 0 Å². The van der Waals surface area contributed by atoms with E-state index in [2.05, 4.69) is 36.5 Å². The topological polar surface area (TPSA) is 37.3 Å². The van der Waals surface area contributed by atoms with Gasteiger partial charge in [-0.05, 0) is 45.4 Å². The van der Waals surface area contributed by atoms with E-state index in [1.807, 2.05) is 6.92 Å². The molecule has 2 nitrogen and oxygen atoms in total. The third-order valence-electron chi connectivity index (χ3n) is 2.85. The summed E-state index contributed by atoms with van der Waals surface area (Å²) in [4.78, 5) is 10.3. The summed E-state index contributed by atoms with van der Waals surface area (Å²) in [6, 6.07) is 0. The molecular formula is C17H28O2. The van der Waals surface area contributed by atoms with Crippen LogP contribution in [0, 0.1) is 0 Å². The van der Waals surface area contributed by atoms with Crippen LogP contribution in [0.15, 0.2) is 36.5 Å². The average molecular weight is 264 g/mol. The molecule has 0 atom stereocenters. The summed E-state index contributed by atoms with van der Waals surface area (Å²) in [6.07, 6.45) is 22.0. The largest absolute Gasteiger partial charge is 0.481 e. The van der Waals surface area contributed by atoms with Crippen molar-refractivity contribution in [3.63, 3.8) is 0 Å². The van der Waals surface area contributed by atoms with Gasteiger partial charge in [-0.3, -0.25) is 4.79 Å². The Balaban J connectivity index is 3.21. The predicted molar refractivity (Wildman–Crippen MR) is 82.3 cm³/mol. The number of aliphatic carboxylic acids is 1. The molecule has 0 aliphatic rings. The molecule has 2 heteroatoms. The number of hydrogen-bond acceptors (Lipinski definition) is 1. The highest BCUT2D eigenvalue weighted by Gasteiger charge is 1.95. The van der Waals surface area contributed by atoms with E-state index in [-0.39, 0.29) is 0 Å². The molecule has 0 spiro atoms. The first-order chi connectivity index (χ1) is 9.27. The molecule has 0 bridgehead atoms. The standard InChI is InChI=1S/C17H28O2/c1-2-3-4-5-6-7-8-9-10-11-12-13-14-15-16-17(18)19/h2-3,5-6,9-10H,4,7-8,11-16H2,1H3,(H,18,19). The van der Waals surface area contributed by atoms with E-state index < -0.39 is 5.97 Å². The van der Waals surface area contributed by atoms with Crippen LogP contribution in [-0.2, 0) is 4.79 Å². The number of carbonyl (C=O) groups is 1. The smallest absolute Gasteiger partial charge is 0.303 e. The first-order valence-electron chi connectivity index (χ1n) is 7.40. The van der Waals surface area contributed by atoms with Gasteiger partial charge in [-0.15, -0.1) is 0 Å². The molecule has 0 aromatic rings. The third kappa shape index (κ3) is 16.7. The van der Waals surface area contributed by atoms with E-state index in [4.69, 9.17) is 5.11 Å². The normalized spacial score (nSPS) is 12.1. The van der Waals surface area contributed by atoms with Gasteiger partial charge < -0.3 is 5.11 Å². The van der Waals surface area contributed by atoms with Gasteiger partial charge in [-0.25, -0.2) is 0 Å². The van der Waals surface area contributed by atoms with E-state index in [1.54, 1.807) is 0 Å². The van der Waals surface area contributed by atoms with Crippen LogP contribution in [0.25, 0.3) is 0 Å². The lowest BCUT2D eigenvalue weighted by molar-refractivity contribution is -0.137. The Kier molecular flexibility index (Phi) is 13.7. The van der Waals surface area contributed by atoms with Crippen LogP contribution < -0.4 is 0 Å². The van der Waals surface area contributed by atoms with Crippen molar-refractivity contribution in [3.05, 3.63) is 36.5 Å². The van der Waals surface area contributed by atoms with Gasteiger partial charge in [0.05, 0.1) is 0 Å². The molecule has 0 aromatic heterocycles. The molecule has 108 valence electrons. The van der Waals surface area contributed by atoms with Crippen molar-refractivity contribution in [2.75, 3.05) is 0 Å². The Morgan fingerprint density at radius 1 is 0.842 bits per heavy atom. The molecule has 0 aromatic carbocycles. The highest BCUT2D eigenvalue weighted by Crippen LogP contribution is 2.06. The van der Waals surface area contributed by atoms with Crippen molar-refractivity contribution >= 4 is 5.97 Å². The first-order valence-corrected chi connectivity index (χ1v) is 7.40. The molecule has 0 aliphatic heterocycles. The second-order valence-electron chi connectivity index (χ2n) is 4.67. The van der Waals surface area contributed by atoms with Gasteiger partial charge >= 0.3 is 5.97 Å². The molecule has 0 amide bonds. The van der Waals surface area contributed by atoms with Crippen LogP contribution in [0.2, 0.25) is 0 Å². The van der Waals surface area contributed by atoms with Gasteiger partial charge in [-0.2, -0.15) is 0 Å². The van der Waals surface area contributed by atoms with E-state index in [0.717, 1.165) is 44.9 Å². The molecule has 0 saturated carbocycles. The van der Waals surface area contributed by atoms with Crippen LogP contribution in [-0.4, -0.2) is 11.1 Å². The minimum absolute atomic E-state index is 0.315. The molecule has 0 heterocycles. The molecule has 0 rings (SSSR count). The Hall–Kier alpha value is -1.31. The lowest BCUT2D eigenvalue weighted by Crippen LogP contribution is -1.93. The molecule has 0 fully saturated rings. The maximum absolute atomic E-state index is 10.3. The number of allylic oxidation sites excluding steroid dienone is 6. The number of unbranched alkanes of at least 4 members (excludes halogenated alkanes) is 5. The second-order valence-corrected chi connectivity index (χ2v) is 4.67. The molecule has 0 saturated heterocycles. The fourth-order valence-electron chi connectivity index (χ4n) is 1.75. The molecule has 1 N–H and O–H groups in total. The molecule has 0 radical (unpaired) electrons. The van der Waals surface area contributed by atoms with E-state index >= 15 is 0 Å². The molecule has 0 unspecified atom stereocenters. The molecule has 0 aliphatic carbocycles. The van der Waals surface area contributed by atoms with Crippen molar-refractivity contribution < 1.29 is 9.90 Å². The van der Waals surface area contributed by atoms with Gasteiger partial charge in [0.25, 0.3) is 0 Å². The zero-order valence-electron chi connectivity index (χ0n) is 12.2. The summed E-state index contributed by atoms with van der Waals surface area (Å²) in [7, 11) is 0.